The fourth-order valence-electron chi connectivity index (χ4n) is 2.94. The number of nitrogens with zero attached hydrogens (tertiary/aromatic N) is 2. The van der Waals surface area contributed by atoms with Crippen molar-refractivity contribution in [3.05, 3.63) is 80.8 Å². The monoisotopic (exact) mass is 566 g/mol. The van der Waals surface area contributed by atoms with Gasteiger partial charge in [0.25, 0.3) is 0 Å². The van der Waals surface area contributed by atoms with E-state index in [4.69, 9.17) is 65.4 Å². The van der Waals surface area contributed by atoms with Gasteiger partial charge in [-0.15, -0.1) is 10.2 Å². The quantitative estimate of drug-likeness (QED) is 0.232. The maximum atomic E-state index is 12.3. The number of benzene rings is 3. The fraction of sp³-hybridized carbons (Fsp3) is 0.0833. The Morgan fingerprint density at radius 2 is 1.06 bits per heavy atom. The van der Waals surface area contributed by atoms with Gasteiger partial charge in [0.05, 0.1) is 20.8 Å². The van der Waals surface area contributed by atoms with E-state index >= 15 is 0 Å². The molecule has 0 unspecified atom stereocenters. The highest BCUT2D eigenvalue weighted by Crippen LogP contribution is 2.31. The largest absolute Gasteiger partial charge is 0.480 e. The van der Waals surface area contributed by atoms with E-state index in [1.807, 2.05) is 0 Å². The molecule has 0 aliphatic heterocycles. The second-order valence-electron chi connectivity index (χ2n) is 7.03. The number of carbonyl (C=O) groups is 2. The van der Waals surface area contributed by atoms with E-state index in [0.717, 1.165) is 0 Å². The van der Waals surface area contributed by atoms with Gasteiger partial charge in [-0.25, -0.2) is 9.59 Å². The van der Waals surface area contributed by atoms with Crippen molar-refractivity contribution in [2.45, 2.75) is 0 Å². The van der Waals surface area contributed by atoms with Crippen molar-refractivity contribution in [3.8, 4) is 23.3 Å². The average Bonchev–Trinajstić information content (AvgIpc) is 2.84. The summed E-state index contributed by atoms with van der Waals surface area (Å²) in [5, 5.41) is 9.87. The van der Waals surface area contributed by atoms with Crippen LogP contribution in [0.3, 0.4) is 0 Å². The third-order valence-electron chi connectivity index (χ3n) is 4.52. The number of halogens is 4. The summed E-state index contributed by atoms with van der Waals surface area (Å²) < 4.78 is 21.4. The Hall–Kier alpha value is -3.30. The van der Waals surface area contributed by atoms with Gasteiger partial charge in [-0.05, 0) is 48.5 Å². The minimum Gasteiger partial charge on any atom is -0.480 e. The zero-order chi connectivity index (χ0) is 25.7. The molecule has 0 aliphatic carbocycles. The maximum absolute atomic E-state index is 12.3. The molecule has 0 amide bonds. The molecule has 8 nitrogen and oxygen atoms in total. The molecule has 0 saturated carbocycles. The summed E-state index contributed by atoms with van der Waals surface area (Å²) in [6.07, 6.45) is 0. The van der Waals surface area contributed by atoms with Gasteiger partial charge < -0.3 is 18.9 Å². The Kier molecular flexibility index (Phi) is 8.32. The van der Waals surface area contributed by atoms with E-state index in [0.29, 0.717) is 20.8 Å². The standard InChI is InChI=1S/C24H14Cl4N2O6/c25-13-5-7-19(17(27)9-13)33-11-21(31)35-23-15-3-1-2-4-16(15)24(30-29-23)36-22(32)12-34-20-8-6-14(26)10-18(20)28/h1-10H,11-12H2. The summed E-state index contributed by atoms with van der Waals surface area (Å²) in [5.41, 5.74) is 0. The number of carbonyl (C=O) groups excluding carboxylic acids is 2. The number of aromatic nitrogens is 2. The van der Waals surface area contributed by atoms with E-state index in [1.54, 1.807) is 36.4 Å². The van der Waals surface area contributed by atoms with Crippen LogP contribution in [0.2, 0.25) is 20.1 Å². The average molecular weight is 568 g/mol. The smallest absolute Gasteiger partial charge is 0.350 e. The number of esters is 2. The van der Waals surface area contributed by atoms with Crippen molar-refractivity contribution in [1.82, 2.24) is 10.2 Å². The second-order valence-corrected chi connectivity index (χ2v) is 8.72. The number of fused-ring (bicyclic) bond motifs is 1. The predicted molar refractivity (Wildman–Crippen MR) is 135 cm³/mol. The molecular weight excluding hydrogens is 554 g/mol. The molecule has 0 fully saturated rings. The summed E-state index contributed by atoms with van der Waals surface area (Å²) in [6.45, 7) is -0.891. The molecule has 0 saturated heterocycles. The topological polar surface area (TPSA) is 96.8 Å². The Balaban J connectivity index is 1.42. The van der Waals surface area contributed by atoms with Crippen molar-refractivity contribution in [1.29, 1.82) is 0 Å². The molecule has 36 heavy (non-hydrogen) atoms. The van der Waals surface area contributed by atoms with Crippen LogP contribution in [-0.4, -0.2) is 35.3 Å². The number of hydrogen-bond donors (Lipinski definition) is 0. The van der Waals surface area contributed by atoms with Crippen LogP contribution >= 0.6 is 46.4 Å². The van der Waals surface area contributed by atoms with Gasteiger partial charge in [0.1, 0.15) is 11.5 Å². The lowest BCUT2D eigenvalue weighted by atomic mass is 10.2. The van der Waals surface area contributed by atoms with Gasteiger partial charge in [-0.2, -0.15) is 0 Å². The molecule has 12 heteroatoms. The molecule has 1 heterocycles. The zero-order valence-corrected chi connectivity index (χ0v) is 21.1. The van der Waals surface area contributed by atoms with E-state index in [-0.39, 0.29) is 33.3 Å². The zero-order valence-electron chi connectivity index (χ0n) is 18.0. The van der Waals surface area contributed by atoms with Crippen molar-refractivity contribution in [2.75, 3.05) is 13.2 Å². The first kappa shape index (κ1) is 25.8. The van der Waals surface area contributed by atoms with Crippen LogP contribution in [0.5, 0.6) is 23.3 Å². The highest BCUT2D eigenvalue weighted by atomic mass is 35.5. The summed E-state index contributed by atoms with van der Waals surface area (Å²) in [5.74, 6) is -1.16. The van der Waals surface area contributed by atoms with Gasteiger partial charge in [-0.1, -0.05) is 58.5 Å². The third kappa shape index (κ3) is 6.47. The Labute approximate surface area is 224 Å². The molecule has 0 bridgehead atoms. The van der Waals surface area contributed by atoms with Crippen LogP contribution in [0.1, 0.15) is 0 Å². The van der Waals surface area contributed by atoms with Gasteiger partial charge in [0.2, 0.25) is 11.8 Å². The van der Waals surface area contributed by atoms with E-state index in [1.165, 1.54) is 24.3 Å². The normalized spacial score (nSPS) is 10.7. The number of rotatable bonds is 8. The summed E-state index contributed by atoms with van der Waals surface area (Å²) in [6, 6.07) is 15.8. The summed E-state index contributed by atoms with van der Waals surface area (Å²) in [4.78, 5) is 24.7. The highest BCUT2D eigenvalue weighted by Gasteiger charge is 2.18. The lowest BCUT2D eigenvalue weighted by molar-refractivity contribution is -0.138. The van der Waals surface area contributed by atoms with Crippen LogP contribution in [0, 0.1) is 0 Å². The minimum atomic E-state index is -0.751. The summed E-state index contributed by atoms with van der Waals surface area (Å²) >= 11 is 23.8. The Morgan fingerprint density at radius 1 is 0.639 bits per heavy atom. The molecule has 4 rings (SSSR count). The molecule has 3 aromatic carbocycles. The summed E-state index contributed by atoms with van der Waals surface area (Å²) in [7, 11) is 0. The van der Waals surface area contributed by atoms with E-state index < -0.39 is 25.2 Å². The highest BCUT2D eigenvalue weighted by molar-refractivity contribution is 6.36. The van der Waals surface area contributed by atoms with Crippen LogP contribution in [0.4, 0.5) is 0 Å². The minimum absolute atomic E-state index is 0.0922. The lowest BCUT2D eigenvalue weighted by Crippen LogP contribution is -2.20. The maximum Gasteiger partial charge on any atom is 0.350 e. The molecule has 0 atom stereocenters. The van der Waals surface area contributed by atoms with Crippen LogP contribution < -0.4 is 18.9 Å². The molecular formula is C24H14Cl4N2O6. The SMILES string of the molecule is O=C(COc1ccc(Cl)cc1Cl)Oc1nnc(OC(=O)COc2ccc(Cl)cc2Cl)c2ccccc12. The molecule has 4 aromatic rings. The number of ether oxygens (including phenoxy) is 4. The lowest BCUT2D eigenvalue weighted by Gasteiger charge is -2.11. The third-order valence-corrected chi connectivity index (χ3v) is 5.58. The van der Waals surface area contributed by atoms with Gasteiger partial charge in [-0.3, -0.25) is 0 Å². The first-order valence-corrected chi connectivity index (χ1v) is 11.6. The first-order chi connectivity index (χ1) is 17.3. The second kappa shape index (κ2) is 11.6. The Morgan fingerprint density at radius 3 is 1.44 bits per heavy atom. The van der Waals surface area contributed by atoms with Crippen LogP contribution in [-0.2, 0) is 9.59 Å². The number of hydrogen-bond acceptors (Lipinski definition) is 8. The van der Waals surface area contributed by atoms with E-state index in [9.17, 15) is 9.59 Å². The predicted octanol–water partition coefficient (Wildman–Crippen LogP) is 6.21. The van der Waals surface area contributed by atoms with Gasteiger partial charge in [0.15, 0.2) is 13.2 Å². The van der Waals surface area contributed by atoms with Gasteiger partial charge in [0, 0.05) is 10.0 Å². The molecule has 0 spiro atoms. The molecule has 0 radical (unpaired) electrons. The van der Waals surface area contributed by atoms with Crippen molar-refractivity contribution < 1.29 is 28.5 Å². The van der Waals surface area contributed by atoms with Crippen molar-refractivity contribution in [2.24, 2.45) is 0 Å². The molecule has 0 aliphatic rings. The van der Waals surface area contributed by atoms with Crippen LogP contribution in [0.15, 0.2) is 60.7 Å². The van der Waals surface area contributed by atoms with E-state index in [2.05, 4.69) is 10.2 Å². The van der Waals surface area contributed by atoms with Gasteiger partial charge >= 0.3 is 11.9 Å². The molecule has 184 valence electrons. The molecule has 0 N–H and O–H groups in total. The van der Waals surface area contributed by atoms with Crippen molar-refractivity contribution >= 4 is 69.1 Å². The van der Waals surface area contributed by atoms with Crippen LogP contribution in [0.25, 0.3) is 10.8 Å². The fourth-order valence-corrected chi connectivity index (χ4v) is 3.86. The van der Waals surface area contributed by atoms with Crippen molar-refractivity contribution in [3.63, 3.8) is 0 Å². The Bertz CT molecular complexity index is 1340. The first-order valence-electron chi connectivity index (χ1n) is 10.1. The molecule has 1 aromatic heterocycles.